The van der Waals surface area contributed by atoms with Gasteiger partial charge in [0.15, 0.2) is 0 Å². The van der Waals surface area contributed by atoms with Crippen LogP contribution in [0.5, 0.6) is 0 Å². The maximum absolute atomic E-state index is 10.7. The number of nitrogens with zero attached hydrogens (tertiary/aromatic N) is 3. The molecule has 1 saturated heterocycles. The summed E-state index contributed by atoms with van der Waals surface area (Å²) in [6, 6.07) is 13.1. The topological polar surface area (TPSA) is 61.6 Å². The van der Waals surface area contributed by atoms with E-state index in [0.29, 0.717) is 5.02 Å². The Morgan fingerprint density at radius 2 is 1.92 bits per heavy atom. The number of nitro groups is 1. The number of hydrogen-bond acceptors (Lipinski definition) is 5. The first-order valence-electron chi connectivity index (χ1n) is 8.75. The maximum atomic E-state index is 10.7. The zero-order valence-electron chi connectivity index (χ0n) is 14.8. The van der Waals surface area contributed by atoms with E-state index >= 15 is 0 Å². The lowest BCUT2D eigenvalue weighted by Crippen LogP contribution is -2.47. The zero-order chi connectivity index (χ0) is 18.5. The number of benzene rings is 2. The van der Waals surface area contributed by atoms with Crippen molar-refractivity contribution in [1.29, 1.82) is 0 Å². The number of rotatable bonds is 6. The van der Waals surface area contributed by atoms with Gasteiger partial charge in [0, 0.05) is 57.1 Å². The first kappa shape index (κ1) is 18.5. The predicted molar refractivity (Wildman–Crippen MR) is 106 cm³/mol. The number of hydrogen-bond donors (Lipinski definition) is 1. The normalized spacial score (nSPS) is 15.1. The minimum atomic E-state index is -0.441. The highest BCUT2D eigenvalue weighted by molar-refractivity contribution is 6.33. The van der Waals surface area contributed by atoms with Gasteiger partial charge in [-0.25, -0.2) is 0 Å². The first-order chi connectivity index (χ1) is 12.5. The van der Waals surface area contributed by atoms with Crippen LogP contribution < -0.4 is 10.2 Å². The number of halogens is 1. The fourth-order valence-electron chi connectivity index (χ4n) is 3.16. The Morgan fingerprint density at radius 1 is 1.15 bits per heavy atom. The predicted octanol–water partition coefficient (Wildman–Crippen LogP) is 3.79. The number of non-ortho nitro benzene ring substituents is 1. The first-order valence-corrected chi connectivity index (χ1v) is 9.12. The van der Waals surface area contributed by atoms with Crippen LogP contribution in [-0.2, 0) is 0 Å². The third-order valence-electron chi connectivity index (χ3n) is 4.65. The van der Waals surface area contributed by atoms with E-state index in [9.17, 15) is 10.1 Å². The van der Waals surface area contributed by atoms with E-state index in [2.05, 4.69) is 46.3 Å². The second-order valence-corrected chi connectivity index (χ2v) is 6.92. The van der Waals surface area contributed by atoms with E-state index in [4.69, 9.17) is 11.6 Å². The number of nitro benzene ring substituents is 1. The van der Waals surface area contributed by atoms with Gasteiger partial charge in [0.1, 0.15) is 0 Å². The van der Waals surface area contributed by atoms with Crippen LogP contribution in [0.3, 0.4) is 0 Å². The molecule has 0 saturated carbocycles. The quantitative estimate of drug-likeness (QED) is 0.615. The van der Waals surface area contributed by atoms with E-state index in [-0.39, 0.29) is 5.69 Å². The highest BCUT2D eigenvalue weighted by Crippen LogP contribution is 2.26. The van der Waals surface area contributed by atoms with Crippen molar-refractivity contribution >= 4 is 28.7 Å². The third-order valence-corrected chi connectivity index (χ3v) is 4.96. The average molecular weight is 375 g/mol. The molecule has 1 aliphatic rings. The van der Waals surface area contributed by atoms with Crippen molar-refractivity contribution < 1.29 is 4.92 Å². The molecule has 6 nitrogen and oxygen atoms in total. The van der Waals surface area contributed by atoms with E-state index in [1.54, 1.807) is 6.07 Å². The van der Waals surface area contributed by atoms with Gasteiger partial charge in [0.05, 0.1) is 15.6 Å². The lowest BCUT2D eigenvalue weighted by molar-refractivity contribution is -0.384. The van der Waals surface area contributed by atoms with E-state index in [1.807, 2.05) is 0 Å². The number of anilines is 2. The van der Waals surface area contributed by atoms with Gasteiger partial charge in [-0.1, -0.05) is 23.7 Å². The van der Waals surface area contributed by atoms with Gasteiger partial charge in [-0.2, -0.15) is 0 Å². The molecule has 0 bridgehead atoms. The van der Waals surface area contributed by atoms with Crippen LogP contribution >= 0.6 is 11.6 Å². The molecule has 26 heavy (non-hydrogen) atoms. The fourth-order valence-corrected chi connectivity index (χ4v) is 3.41. The molecule has 0 atom stereocenters. The van der Waals surface area contributed by atoms with Crippen LogP contribution in [-0.4, -0.2) is 49.1 Å². The molecule has 0 aliphatic carbocycles. The average Bonchev–Trinajstić information content (AvgIpc) is 2.63. The largest absolute Gasteiger partial charge is 0.383 e. The van der Waals surface area contributed by atoms with Crippen molar-refractivity contribution in [3.8, 4) is 0 Å². The highest BCUT2D eigenvalue weighted by atomic mass is 35.5. The smallest absolute Gasteiger partial charge is 0.271 e. The molecule has 0 unspecified atom stereocenters. The van der Waals surface area contributed by atoms with Crippen LogP contribution in [0.15, 0.2) is 42.5 Å². The van der Waals surface area contributed by atoms with E-state index in [0.717, 1.165) is 45.0 Å². The van der Waals surface area contributed by atoms with Gasteiger partial charge in [0.25, 0.3) is 5.69 Å². The van der Waals surface area contributed by atoms with E-state index < -0.39 is 4.92 Å². The summed E-state index contributed by atoms with van der Waals surface area (Å²) >= 11 is 6.11. The fraction of sp³-hybridized carbons (Fsp3) is 0.368. The molecule has 1 aliphatic heterocycles. The molecule has 138 valence electrons. The minimum absolute atomic E-state index is 0.00724. The van der Waals surface area contributed by atoms with Crippen LogP contribution in [0, 0.1) is 17.0 Å². The van der Waals surface area contributed by atoms with Crippen LogP contribution in [0.2, 0.25) is 5.02 Å². The second kappa shape index (κ2) is 8.38. The van der Waals surface area contributed by atoms with Gasteiger partial charge in [-0.15, -0.1) is 0 Å². The van der Waals surface area contributed by atoms with E-state index in [1.165, 1.54) is 23.4 Å². The van der Waals surface area contributed by atoms with Crippen LogP contribution in [0.25, 0.3) is 0 Å². The lowest BCUT2D eigenvalue weighted by atomic mass is 10.2. The highest BCUT2D eigenvalue weighted by Gasteiger charge is 2.17. The molecule has 1 N–H and O–H groups in total. The second-order valence-electron chi connectivity index (χ2n) is 6.52. The van der Waals surface area contributed by atoms with Gasteiger partial charge >= 0.3 is 0 Å². The van der Waals surface area contributed by atoms with Crippen LogP contribution in [0.4, 0.5) is 17.1 Å². The molecule has 0 aromatic heterocycles. The molecule has 1 heterocycles. The number of piperazine rings is 1. The third kappa shape index (κ3) is 4.65. The Hall–Kier alpha value is -2.31. The Balaban J connectivity index is 1.45. The molecule has 2 aromatic carbocycles. The summed E-state index contributed by atoms with van der Waals surface area (Å²) in [6.45, 7) is 7.85. The molecule has 3 rings (SSSR count). The van der Waals surface area contributed by atoms with Crippen molar-refractivity contribution in [2.24, 2.45) is 0 Å². The summed E-state index contributed by atoms with van der Waals surface area (Å²) in [5.74, 6) is 0. The maximum Gasteiger partial charge on any atom is 0.271 e. The standard InChI is InChI=1S/C19H23ClN4O2/c1-15-3-2-4-16(13-15)23-11-9-22(10-12-23)8-7-21-19-6-5-17(24(25)26)14-18(19)20/h2-6,13-14,21H,7-12H2,1H3. The molecule has 7 heteroatoms. The van der Waals surface area contributed by atoms with Crippen molar-refractivity contribution in [2.45, 2.75) is 6.92 Å². The Morgan fingerprint density at radius 3 is 2.58 bits per heavy atom. The Kier molecular flexibility index (Phi) is 5.96. The Bertz CT molecular complexity index is 776. The molecule has 0 spiro atoms. The van der Waals surface area contributed by atoms with Crippen molar-refractivity contribution in [3.63, 3.8) is 0 Å². The summed E-state index contributed by atoms with van der Waals surface area (Å²) in [5.41, 5.74) is 3.32. The van der Waals surface area contributed by atoms with Crippen molar-refractivity contribution in [2.75, 3.05) is 49.5 Å². The summed E-state index contributed by atoms with van der Waals surface area (Å²) < 4.78 is 0. The summed E-state index contributed by atoms with van der Waals surface area (Å²) in [6.07, 6.45) is 0. The number of aryl methyl sites for hydroxylation is 1. The van der Waals surface area contributed by atoms with Gasteiger partial charge in [-0.3, -0.25) is 15.0 Å². The zero-order valence-corrected chi connectivity index (χ0v) is 15.6. The SMILES string of the molecule is Cc1cccc(N2CCN(CCNc3ccc([N+](=O)[O-])cc3Cl)CC2)c1. The molecular formula is C19H23ClN4O2. The molecule has 2 aromatic rings. The van der Waals surface area contributed by atoms with Crippen LogP contribution in [0.1, 0.15) is 5.56 Å². The lowest BCUT2D eigenvalue weighted by Gasteiger charge is -2.36. The molecule has 1 fully saturated rings. The monoisotopic (exact) mass is 374 g/mol. The summed E-state index contributed by atoms with van der Waals surface area (Å²) in [5, 5.41) is 14.4. The summed E-state index contributed by atoms with van der Waals surface area (Å²) in [4.78, 5) is 15.1. The minimum Gasteiger partial charge on any atom is -0.383 e. The Labute approximate surface area is 158 Å². The van der Waals surface area contributed by atoms with Gasteiger partial charge in [0.2, 0.25) is 0 Å². The molecule has 0 amide bonds. The molecular weight excluding hydrogens is 352 g/mol. The van der Waals surface area contributed by atoms with Gasteiger partial charge < -0.3 is 10.2 Å². The van der Waals surface area contributed by atoms with Crippen molar-refractivity contribution in [3.05, 3.63) is 63.2 Å². The number of nitrogens with one attached hydrogen (secondary N) is 1. The van der Waals surface area contributed by atoms with Crippen molar-refractivity contribution in [1.82, 2.24) is 4.90 Å². The van der Waals surface area contributed by atoms with Gasteiger partial charge in [-0.05, 0) is 30.7 Å². The summed E-state index contributed by atoms with van der Waals surface area (Å²) in [7, 11) is 0. The molecule has 0 radical (unpaired) electrons.